The van der Waals surface area contributed by atoms with Crippen LogP contribution in [0, 0.1) is 0 Å². The van der Waals surface area contributed by atoms with Gasteiger partial charge in [-0.1, -0.05) is 31.4 Å². The number of carbonyl (C=O) groups excluding carboxylic acids is 1. The largest absolute Gasteiger partial charge is 0.455 e. The minimum absolute atomic E-state index is 0.134. The summed E-state index contributed by atoms with van der Waals surface area (Å²) >= 11 is 0. The smallest absolute Gasteiger partial charge is 0.331 e. The Morgan fingerprint density at radius 1 is 1.40 bits per heavy atom. The number of rotatable bonds is 6. The Labute approximate surface area is 93.0 Å². The third-order valence-corrected chi connectivity index (χ3v) is 1.84. The summed E-state index contributed by atoms with van der Waals surface area (Å²) in [6.07, 6.45) is 8.82. The van der Waals surface area contributed by atoms with Crippen LogP contribution in [0.4, 0.5) is 0 Å². The predicted molar refractivity (Wildman–Crippen MR) is 63.7 cm³/mol. The second kappa shape index (κ2) is 8.27. The molecule has 0 bridgehead atoms. The molecular weight excluding hydrogens is 188 g/mol. The first-order valence-electron chi connectivity index (χ1n) is 5.58. The van der Waals surface area contributed by atoms with Crippen molar-refractivity contribution in [2.75, 3.05) is 0 Å². The minimum Gasteiger partial charge on any atom is -0.455 e. The van der Waals surface area contributed by atoms with E-state index in [9.17, 15) is 4.79 Å². The van der Waals surface area contributed by atoms with Crippen molar-refractivity contribution in [2.45, 2.75) is 53.1 Å². The van der Waals surface area contributed by atoms with Gasteiger partial charge in [-0.05, 0) is 33.3 Å². The molecule has 0 fully saturated rings. The summed E-state index contributed by atoms with van der Waals surface area (Å²) in [6, 6.07) is 0. The summed E-state index contributed by atoms with van der Waals surface area (Å²) in [5, 5.41) is 0. The van der Waals surface area contributed by atoms with Gasteiger partial charge in [-0.2, -0.15) is 0 Å². The Morgan fingerprint density at radius 2 is 2.07 bits per heavy atom. The van der Waals surface area contributed by atoms with E-state index in [0.29, 0.717) is 0 Å². The van der Waals surface area contributed by atoms with E-state index >= 15 is 0 Å². The standard InChI is InChI=1S/C13H22O2/c1-5-6-7-8-9-12(4)15-13(14)10-11(2)3/h8-10,12H,5-7H2,1-4H3/b9-8+. The Balaban J connectivity index is 3.82. The van der Waals surface area contributed by atoms with Crippen LogP contribution < -0.4 is 0 Å². The van der Waals surface area contributed by atoms with E-state index in [1.807, 2.05) is 26.8 Å². The van der Waals surface area contributed by atoms with Crippen LogP contribution in [0.3, 0.4) is 0 Å². The van der Waals surface area contributed by atoms with E-state index in [2.05, 4.69) is 13.0 Å². The quantitative estimate of drug-likeness (QED) is 0.289. The molecule has 0 aliphatic rings. The summed E-state index contributed by atoms with van der Waals surface area (Å²) in [4.78, 5) is 11.2. The highest BCUT2D eigenvalue weighted by Gasteiger charge is 2.02. The normalized spacial score (nSPS) is 12.5. The minimum atomic E-state index is -0.261. The monoisotopic (exact) mass is 210 g/mol. The van der Waals surface area contributed by atoms with E-state index in [1.54, 1.807) is 0 Å². The molecule has 0 spiro atoms. The summed E-state index contributed by atoms with van der Waals surface area (Å²) in [5.74, 6) is -0.261. The molecule has 0 saturated carbocycles. The Bertz CT molecular complexity index is 235. The molecule has 0 saturated heterocycles. The van der Waals surface area contributed by atoms with Crippen molar-refractivity contribution in [3.63, 3.8) is 0 Å². The molecule has 0 aliphatic carbocycles. The lowest BCUT2D eigenvalue weighted by molar-refractivity contribution is -0.140. The highest BCUT2D eigenvalue weighted by molar-refractivity contribution is 5.82. The summed E-state index contributed by atoms with van der Waals surface area (Å²) in [5.41, 5.74) is 0.960. The van der Waals surface area contributed by atoms with Crippen LogP contribution in [0.1, 0.15) is 47.0 Å². The number of ether oxygens (including phenoxy) is 1. The number of carbonyl (C=O) groups is 1. The number of allylic oxidation sites excluding steroid dienone is 2. The van der Waals surface area contributed by atoms with Crippen molar-refractivity contribution in [1.82, 2.24) is 0 Å². The average Bonchev–Trinajstić information content (AvgIpc) is 2.10. The van der Waals surface area contributed by atoms with Crippen LogP contribution in [0.2, 0.25) is 0 Å². The van der Waals surface area contributed by atoms with E-state index in [0.717, 1.165) is 12.0 Å². The number of hydrogen-bond acceptors (Lipinski definition) is 2. The van der Waals surface area contributed by atoms with Crippen molar-refractivity contribution >= 4 is 5.97 Å². The van der Waals surface area contributed by atoms with Gasteiger partial charge in [-0.25, -0.2) is 4.79 Å². The molecule has 86 valence electrons. The zero-order chi connectivity index (χ0) is 11.7. The van der Waals surface area contributed by atoms with E-state index < -0.39 is 0 Å². The molecule has 2 heteroatoms. The van der Waals surface area contributed by atoms with Crippen LogP contribution in [0.5, 0.6) is 0 Å². The van der Waals surface area contributed by atoms with Crippen molar-refractivity contribution in [3.8, 4) is 0 Å². The van der Waals surface area contributed by atoms with Crippen molar-refractivity contribution in [3.05, 3.63) is 23.8 Å². The molecule has 0 aromatic rings. The van der Waals surface area contributed by atoms with Crippen LogP contribution in [-0.2, 0) is 9.53 Å². The topological polar surface area (TPSA) is 26.3 Å². The first kappa shape index (κ1) is 13.9. The van der Waals surface area contributed by atoms with Gasteiger partial charge in [-0.3, -0.25) is 0 Å². The zero-order valence-electron chi connectivity index (χ0n) is 10.2. The second-order valence-electron chi connectivity index (χ2n) is 3.93. The lowest BCUT2D eigenvalue weighted by Crippen LogP contribution is -2.10. The van der Waals surface area contributed by atoms with Crippen LogP contribution >= 0.6 is 0 Å². The highest BCUT2D eigenvalue weighted by atomic mass is 16.5. The maximum absolute atomic E-state index is 11.2. The van der Waals surface area contributed by atoms with Gasteiger partial charge < -0.3 is 4.74 Å². The van der Waals surface area contributed by atoms with Gasteiger partial charge in [0.1, 0.15) is 6.10 Å². The van der Waals surface area contributed by atoms with Gasteiger partial charge in [0.15, 0.2) is 0 Å². The number of esters is 1. The molecule has 0 rings (SSSR count). The molecule has 1 unspecified atom stereocenters. The zero-order valence-corrected chi connectivity index (χ0v) is 10.2. The first-order valence-corrected chi connectivity index (χ1v) is 5.58. The Morgan fingerprint density at radius 3 is 2.60 bits per heavy atom. The van der Waals surface area contributed by atoms with Gasteiger partial charge >= 0.3 is 5.97 Å². The summed E-state index contributed by atoms with van der Waals surface area (Å²) in [6.45, 7) is 7.79. The molecule has 2 nitrogen and oxygen atoms in total. The van der Waals surface area contributed by atoms with Crippen LogP contribution in [0.15, 0.2) is 23.8 Å². The molecule has 0 radical (unpaired) electrons. The SMILES string of the molecule is CCCC/C=C/C(C)OC(=O)C=C(C)C. The maximum Gasteiger partial charge on any atom is 0.331 e. The fraction of sp³-hybridized carbons (Fsp3) is 0.615. The third-order valence-electron chi connectivity index (χ3n) is 1.84. The molecule has 0 aliphatic heterocycles. The fourth-order valence-corrected chi connectivity index (χ4v) is 1.10. The van der Waals surface area contributed by atoms with Gasteiger partial charge in [0.2, 0.25) is 0 Å². The van der Waals surface area contributed by atoms with Crippen molar-refractivity contribution in [2.24, 2.45) is 0 Å². The fourth-order valence-electron chi connectivity index (χ4n) is 1.10. The van der Waals surface area contributed by atoms with E-state index in [4.69, 9.17) is 4.74 Å². The number of hydrogen-bond donors (Lipinski definition) is 0. The van der Waals surface area contributed by atoms with Gasteiger partial charge in [0, 0.05) is 6.08 Å². The van der Waals surface area contributed by atoms with Gasteiger partial charge in [0.05, 0.1) is 0 Å². The average molecular weight is 210 g/mol. The third kappa shape index (κ3) is 9.26. The van der Waals surface area contributed by atoms with E-state index in [1.165, 1.54) is 18.9 Å². The highest BCUT2D eigenvalue weighted by Crippen LogP contribution is 2.00. The molecule has 15 heavy (non-hydrogen) atoms. The number of unbranched alkanes of at least 4 members (excludes halogenated alkanes) is 2. The molecular formula is C13H22O2. The summed E-state index contributed by atoms with van der Waals surface area (Å²) in [7, 11) is 0. The van der Waals surface area contributed by atoms with Gasteiger partial charge in [0.25, 0.3) is 0 Å². The molecule has 0 heterocycles. The van der Waals surface area contributed by atoms with E-state index in [-0.39, 0.29) is 12.1 Å². The van der Waals surface area contributed by atoms with Crippen molar-refractivity contribution in [1.29, 1.82) is 0 Å². The molecule has 0 amide bonds. The molecule has 0 aromatic carbocycles. The molecule has 0 aromatic heterocycles. The van der Waals surface area contributed by atoms with Crippen molar-refractivity contribution < 1.29 is 9.53 Å². The predicted octanol–water partition coefficient (Wildman–Crippen LogP) is 3.63. The molecule has 1 atom stereocenters. The lowest BCUT2D eigenvalue weighted by Gasteiger charge is -2.06. The Hall–Kier alpha value is -1.05. The lowest BCUT2D eigenvalue weighted by atomic mass is 10.2. The Kier molecular flexibility index (Phi) is 7.69. The molecule has 0 N–H and O–H groups in total. The second-order valence-corrected chi connectivity index (χ2v) is 3.93. The van der Waals surface area contributed by atoms with Crippen LogP contribution in [0.25, 0.3) is 0 Å². The first-order chi connectivity index (χ1) is 7.06. The van der Waals surface area contributed by atoms with Gasteiger partial charge in [-0.15, -0.1) is 0 Å². The summed E-state index contributed by atoms with van der Waals surface area (Å²) < 4.78 is 5.14. The van der Waals surface area contributed by atoms with Crippen LogP contribution in [-0.4, -0.2) is 12.1 Å². The maximum atomic E-state index is 11.2.